The van der Waals surface area contributed by atoms with E-state index in [0.29, 0.717) is 29.4 Å². The maximum Gasteiger partial charge on any atom is 0.270 e. The van der Waals surface area contributed by atoms with E-state index in [9.17, 15) is 28.4 Å². The molecule has 0 bridgehead atoms. The van der Waals surface area contributed by atoms with E-state index >= 15 is 0 Å². The van der Waals surface area contributed by atoms with Crippen molar-refractivity contribution in [2.45, 2.75) is 24.2 Å². The number of nitrogens with zero attached hydrogens (tertiary/aromatic N) is 2. The van der Waals surface area contributed by atoms with E-state index in [-0.39, 0.29) is 51.1 Å². The van der Waals surface area contributed by atoms with Crippen molar-refractivity contribution >= 4 is 38.5 Å². The second-order valence-corrected chi connectivity index (χ2v) is 11.5. The van der Waals surface area contributed by atoms with E-state index in [1.165, 1.54) is 30.3 Å². The highest BCUT2D eigenvalue weighted by atomic mass is 32.2. The van der Waals surface area contributed by atoms with Gasteiger partial charge in [0.2, 0.25) is 5.91 Å². The van der Waals surface area contributed by atoms with Gasteiger partial charge in [-0.1, -0.05) is 42.5 Å². The molecule has 5 rings (SSSR count). The number of H-pyrrole nitrogens is 1. The van der Waals surface area contributed by atoms with Crippen LogP contribution in [0, 0.1) is 15.5 Å². The fourth-order valence-corrected chi connectivity index (χ4v) is 5.68. The highest BCUT2D eigenvalue weighted by molar-refractivity contribution is 7.90. The largest absolute Gasteiger partial charge is 0.507 e. The molecule has 0 aliphatic carbocycles. The van der Waals surface area contributed by atoms with E-state index in [0.717, 1.165) is 11.6 Å². The zero-order valence-electron chi connectivity index (χ0n) is 22.6. The molecule has 0 aliphatic rings. The smallest absolute Gasteiger partial charge is 0.270 e. The molecule has 0 fully saturated rings. The van der Waals surface area contributed by atoms with Gasteiger partial charge in [-0.05, 0) is 54.3 Å². The molecule has 5 aromatic rings. The number of benzene rings is 4. The Balaban J connectivity index is 1.54. The first kappa shape index (κ1) is 29.0. The SMILES string of the molecule is N=C(N)c1ccc2nc(-c3cc(S(=O)(=O)NC(=O)CCCc4ccccc4)cc(-c4cccc([N+](=O)[O-])c4)c3O)[nH]c2c1. The average molecular weight is 599 g/mol. The molecule has 0 unspecified atom stereocenters. The van der Waals surface area contributed by atoms with Crippen molar-refractivity contribution in [1.29, 1.82) is 5.41 Å². The van der Waals surface area contributed by atoms with Crippen molar-refractivity contribution in [1.82, 2.24) is 14.7 Å². The van der Waals surface area contributed by atoms with Gasteiger partial charge in [-0.15, -0.1) is 0 Å². The van der Waals surface area contributed by atoms with E-state index < -0.39 is 20.9 Å². The molecule has 6 N–H and O–H groups in total. The van der Waals surface area contributed by atoms with Crippen LogP contribution < -0.4 is 10.5 Å². The van der Waals surface area contributed by atoms with Gasteiger partial charge in [-0.2, -0.15) is 0 Å². The Bertz CT molecular complexity index is 1990. The van der Waals surface area contributed by atoms with Crippen LogP contribution in [0.5, 0.6) is 5.75 Å². The molecule has 43 heavy (non-hydrogen) atoms. The summed E-state index contributed by atoms with van der Waals surface area (Å²) in [5, 5.41) is 30.4. The molecule has 0 spiro atoms. The number of nitrogens with two attached hydrogens (primary N) is 1. The number of nitrogens with one attached hydrogen (secondary N) is 3. The minimum atomic E-state index is -4.44. The molecule has 1 heterocycles. The van der Waals surface area contributed by atoms with Gasteiger partial charge in [-0.3, -0.25) is 20.3 Å². The summed E-state index contributed by atoms with van der Waals surface area (Å²) in [5.41, 5.74) is 7.82. The Labute approximate surface area is 245 Å². The van der Waals surface area contributed by atoms with Gasteiger partial charge in [-0.25, -0.2) is 18.1 Å². The van der Waals surface area contributed by atoms with Crippen LogP contribution in [0.3, 0.4) is 0 Å². The maximum absolute atomic E-state index is 13.4. The molecule has 13 heteroatoms. The zero-order valence-corrected chi connectivity index (χ0v) is 23.4. The Hall–Kier alpha value is -5.56. The molecule has 12 nitrogen and oxygen atoms in total. The summed E-state index contributed by atoms with van der Waals surface area (Å²) in [6.07, 6.45) is 0.969. The lowest BCUT2D eigenvalue weighted by atomic mass is 10.0. The van der Waals surface area contributed by atoms with Gasteiger partial charge in [0, 0.05) is 29.7 Å². The van der Waals surface area contributed by atoms with E-state index in [4.69, 9.17) is 11.1 Å². The predicted octanol–water partition coefficient (Wildman–Crippen LogP) is 4.62. The number of fused-ring (bicyclic) bond motifs is 1. The number of carbonyl (C=O) groups excluding carboxylic acids is 1. The number of amidine groups is 1. The highest BCUT2D eigenvalue weighted by Gasteiger charge is 2.25. The third-order valence-electron chi connectivity index (χ3n) is 6.77. The second kappa shape index (κ2) is 11.7. The van der Waals surface area contributed by atoms with Crippen molar-refractivity contribution in [3.63, 3.8) is 0 Å². The zero-order chi connectivity index (χ0) is 30.7. The molecule has 1 aromatic heterocycles. The third-order valence-corrected chi connectivity index (χ3v) is 8.12. The lowest BCUT2D eigenvalue weighted by Gasteiger charge is -2.13. The van der Waals surface area contributed by atoms with Crippen molar-refractivity contribution in [2.24, 2.45) is 5.73 Å². The maximum atomic E-state index is 13.4. The summed E-state index contributed by atoms with van der Waals surface area (Å²) in [6.45, 7) is 0. The molecule has 0 radical (unpaired) electrons. The number of aromatic nitrogens is 2. The lowest BCUT2D eigenvalue weighted by Crippen LogP contribution is -2.30. The van der Waals surface area contributed by atoms with Crippen LogP contribution in [0.1, 0.15) is 24.0 Å². The molecular formula is C30H26N6O6S. The second-order valence-electron chi connectivity index (χ2n) is 9.77. The Morgan fingerprint density at radius 2 is 1.77 bits per heavy atom. The molecule has 0 atom stereocenters. The van der Waals surface area contributed by atoms with Gasteiger partial charge in [0.25, 0.3) is 15.7 Å². The minimum absolute atomic E-state index is 0.0250. The number of phenols is 1. The number of sulfonamides is 1. The van der Waals surface area contributed by atoms with E-state index in [1.54, 1.807) is 18.2 Å². The normalized spacial score (nSPS) is 11.3. The van der Waals surface area contributed by atoms with Crippen LogP contribution >= 0.6 is 0 Å². The molecule has 218 valence electrons. The number of aryl methyl sites for hydroxylation is 1. The molecule has 4 aromatic carbocycles. The molecule has 0 aliphatic heterocycles. The molecule has 0 saturated carbocycles. The Kier molecular flexibility index (Phi) is 7.90. The van der Waals surface area contributed by atoms with Crippen molar-refractivity contribution in [3.05, 3.63) is 106 Å². The van der Waals surface area contributed by atoms with Crippen LogP contribution in [-0.2, 0) is 21.2 Å². The minimum Gasteiger partial charge on any atom is -0.507 e. The topological polar surface area (TPSA) is 205 Å². The van der Waals surface area contributed by atoms with Crippen LogP contribution in [0.4, 0.5) is 5.69 Å². The van der Waals surface area contributed by atoms with Gasteiger partial charge < -0.3 is 15.8 Å². The van der Waals surface area contributed by atoms with Crippen molar-refractivity contribution in [2.75, 3.05) is 0 Å². The number of phenolic OH excluding ortho intramolecular Hbond substituents is 1. The lowest BCUT2D eigenvalue weighted by molar-refractivity contribution is -0.384. The monoisotopic (exact) mass is 598 g/mol. The summed E-state index contributed by atoms with van der Waals surface area (Å²) >= 11 is 0. The number of hydrogen-bond acceptors (Lipinski definition) is 8. The summed E-state index contributed by atoms with van der Waals surface area (Å²) in [4.78, 5) is 30.6. The van der Waals surface area contributed by atoms with Crippen molar-refractivity contribution < 1.29 is 23.2 Å². The van der Waals surface area contributed by atoms with Crippen LogP contribution in [-0.4, -0.2) is 40.2 Å². The Morgan fingerprint density at radius 1 is 1.02 bits per heavy atom. The highest BCUT2D eigenvalue weighted by Crippen LogP contribution is 2.40. The van der Waals surface area contributed by atoms with E-state index in [2.05, 4.69) is 14.7 Å². The van der Waals surface area contributed by atoms with Crippen molar-refractivity contribution in [3.8, 4) is 28.3 Å². The van der Waals surface area contributed by atoms with Gasteiger partial charge >= 0.3 is 0 Å². The van der Waals surface area contributed by atoms with Crippen LogP contribution in [0.2, 0.25) is 0 Å². The fourth-order valence-electron chi connectivity index (χ4n) is 4.61. The third kappa shape index (κ3) is 6.36. The number of nitro groups is 1. The first-order chi connectivity index (χ1) is 20.5. The van der Waals surface area contributed by atoms with Crippen LogP contribution in [0.15, 0.2) is 89.8 Å². The standard InChI is InChI=1S/C30H26N6O6S/c31-29(32)20-12-13-25-26(15-20)34-30(33-25)24-17-22(16-23(28(24)38)19-9-5-10-21(14-19)36(39)40)43(41,42)35-27(37)11-4-8-18-6-2-1-3-7-18/h1-3,5-7,9-10,12-17,38H,4,8,11H2,(H3,31,32)(H,33,34)(H,35,37). The first-order valence-corrected chi connectivity index (χ1v) is 14.6. The number of amides is 1. The quantitative estimate of drug-likeness (QED) is 0.0662. The Morgan fingerprint density at radius 3 is 2.49 bits per heavy atom. The fraction of sp³-hybridized carbons (Fsp3) is 0.100. The summed E-state index contributed by atoms with van der Waals surface area (Å²) in [6, 6.07) is 22.0. The average Bonchev–Trinajstić information content (AvgIpc) is 3.41. The summed E-state index contributed by atoms with van der Waals surface area (Å²) < 4.78 is 28.9. The summed E-state index contributed by atoms with van der Waals surface area (Å²) in [7, 11) is -4.44. The predicted molar refractivity (Wildman–Crippen MR) is 161 cm³/mol. The number of imidazole rings is 1. The number of nitro benzene ring substituents is 1. The number of nitrogen functional groups attached to an aromatic ring is 1. The number of aromatic hydroxyl groups is 1. The molecular weight excluding hydrogens is 572 g/mol. The number of non-ortho nitro benzene ring substituents is 1. The van der Waals surface area contributed by atoms with Crippen LogP contribution in [0.25, 0.3) is 33.5 Å². The first-order valence-electron chi connectivity index (χ1n) is 13.1. The van der Waals surface area contributed by atoms with Gasteiger partial charge in [0.05, 0.1) is 26.4 Å². The van der Waals surface area contributed by atoms with Gasteiger partial charge in [0.15, 0.2) is 0 Å². The number of carbonyl (C=O) groups is 1. The number of rotatable bonds is 10. The molecule has 1 amide bonds. The van der Waals surface area contributed by atoms with E-state index in [1.807, 2.05) is 30.3 Å². The number of hydrogen-bond donors (Lipinski definition) is 5. The number of aromatic amines is 1. The summed E-state index contributed by atoms with van der Waals surface area (Å²) in [5.74, 6) is -1.17. The molecule has 0 saturated heterocycles. The van der Waals surface area contributed by atoms with Gasteiger partial charge in [0.1, 0.15) is 17.4 Å².